The number of hydrogen-bond donors (Lipinski definition) is 2. The van der Waals surface area contributed by atoms with Crippen molar-refractivity contribution in [1.82, 2.24) is 0 Å². The molecule has 0 aromatic rings. The molecule has 1 rings (SSSR count). The number of rotatable bonds is 0. The molecule has 5 heteroatoms. The standard InChI is InChI=1S/C3H6N4S/c4-3-7-1-6-2-8(3)5/h1-2H,5H2,(H2,4,6,7). The molecule has 0 saturated heterocycles. The maximum absolute atomic E-state index is 5.38. The molecule has 0 aromatic heterocycles. The minimum atomic E-state index is -0.530. The first-order chi connectivity index (χ1) is 3.80. The molecule has 0 bridgehead atoms. The highest BCUT2D eigenvalue weighted by atomic mass is 32.2. The van der Waals surface area contributed by atoms with Crippen LogP contribution in [-0.2, 0) is 0 Å². The lowest BCUT2D eigenvalue weighted by Gasteiger charge is -1.98. The van der Waals surface area contributed by atoms with Crippen molar-refractivity contribution in [2.45, 2.75) is 0 Å². The van der Waals surface area contributed by atoms with Crippen LogP contribution in [0, 0.1) is 0 Å². The molecule has 4 nitrogen and oxygen atoms in total. The van der Waals surface area contributed by atoms with E-state index < -0.39 is 10.7 Å². The van der Waals surface area contributed by atoms with E-state index in [0.717, 1.165) is 0 Å². The van der Waals surface area contributed by atoms with Crippen LogP contribution in [0.5, 0.6) is 0 Å². The second-order valence-electron chi connectivity index (χ2n) is 1.21. The topological polar surface area (TPSA) is 76.8 Å². The van der Waals surface area contributed by atoms with Crippen molar-refractivity contribution in [3.05, 3.63) is 0 Å². The van der Waals surface area contributed by atoms with Gasteiger partial charge in [0.15, 0.2) is 0 Å². The highest BCUT2D eigenvalue weighted by Gasteiger charge is 1.91. The van der Waals surface area contributed by atoms with E-state index >= 15 is 0 Å². The molecular weight excluding hydrogens is 124 g/mol. The van der Waals surface area contributed by atoms with Gasteiger partial charge in [0.2, 0.25) is 0 Å². The van der Waals surface area contributed by atoms with Gasteiger partial charge < -0.3 is 0 Å². The molecule has 0 saturated carbocycles. The zero-order valence-electron chi connectivity index (χ0n) is 4.11. The molecule has 0 fully saturated rings. The summed E-state index contributed by atoms with van der Waals surface area (Å²) >= 11 is 0. The van der Waals surface area contributed by atoms with Crippen molar-refractivity contribution in [2.24, 2.45) is 20.9 Å². The van der Waals surface area contributed by atoms with Crippen LogP contribution in [-0.4, -0.2) is 17.0 Å². The fraction of sp³-hybridized carbons (Fsp3) is 0. The van der Waals surface area contributed by atoms with E-state index in [0.29, 0.717) is 5.11 Å². The number of hydrogen-bond acceptors (Lipinski definition) is 4. The van der Waals surface area contributed by atoms with Gasteiger partial charge in [0.05, 0.1) is 5.55 Å². The van der Waals surface area contributed by atoms with Crippen LogP contribution in [0.3, 0.4) is 0 Å². The Labute approximate surface area is 49.4 Å². The van der Waals surface area contributed by atoms with Gasteiger partial charge in [-0.1, -0.05) is 0 Å². The van der Waals surface area contributed by atoms with E-state index in [1.807, 2.05) is 0 Å². The van der Waals surface area contributed by atoms with Crippen molar-refractivity contribution in [2.75, 3.05) is 0 Å². The normalized spacial score (nSPS) is 26.8. The fourth-order valence-corrected chi connectivity index (χ4v) is 0.760. The highest BCUT2D eigenvalue weighted by Crippen LogP contribution is 1.98. The second-order valence-corrected chi connectivity index (χ2v) is 2.58. The second kappa shape index (κ2) is 2.17. The predicted molar refractivity (Wildman–Crippen MR) is 38.0 cm³/mol. The molecule has 1 atom stereocenters. The number of aliphatic imine (C=N–C) groups is 2. The molecule has 0 aromatic carbocycles. The molecule has 1 unspecified atom stereocenters. The molecule has 4 N–H and O–H groups in total. The summed E-state index contributed by atoms with van der Waals surface area (Å²) in [5.74, 6) is 0. The van der Waals surface area contributed by atoms with Gasteiger partial charge in [0, 0.05) is 0 Å². The summed E-state index contributed by atoms with van der Waals surface area (Å²) in [6.07, 6.45) is 1.38. The van der Waals surface area contributed by atoms with E-state index in [1.165, 1.54) is 6.34 Å². The summed E-state index contributed by atoms with van der Waals surface area (Å²) < 4.78 is 0. The van der Waals surface area contributed by atoms with Crippen LogP contribution in [0.4, 0.5) is 0 Å². The summed E-state index contributed by atoms with van der Waals surface area (Å²) in [6.45, 7) is 0. The van der Waals surface area contributed by atoms with Crippen LogP contribution in [0.2, 0.25) is 0 Å². The minimum Gasteiger partial charge on any atom is -0.281 e. The maximum Gasteiger partial charge on any atom is 0.148 e. The van der Waals surface area contributed by atoms with E-state index in [9.17, 15) is 0 Å². The Bertz CT molecular complexity index is 160. The predicted octanol–water partition coefficient (Wildman–Crippen LogP) is -0.755. The Kier molecular flexibility index (Phi) is 1.52. The summed E-state index contributed by atoms with van der Waals surface area (Å²) in [4.78, 5) is 7.35. The van der Waals surface area contributed by atoms with E-state index in [2.05, 4.69) is 9.98 Å². The van der Waals surface area contributed by atoms with Crippen LogP contribution in [0.25, 0.3) is 0 Å². The summed E-state index contributed by atoms with van der Waals surface area (Å²) in [5, 5.41) is 5.83. The molecule has 1 aliphatic heterocycles. The quantitative estimate of drug-likeness (QED) is 0.423. The SMILES string of the molecule is NC1=S(N)C=NC=N1. The smallest absolute Gasteiger partial charge is 0.148 e. The lowest BCUT2D eigenvalue weighted by molar-refractivity contribution is 1.59. The van der Waals surface area contributed by atoms with Gasteiger partial charge in [0.1, 0.15) is 11.5 Å². The molecular formula is C3H6N4S. The van der Waals surface area contributed by atoms with Crippen LogP contribution in [0.15, 0.2) is 9.98 Å². The first kappa shape index (κ1) is 5.61. The Morgan fingerprint density at radius 2 is 2.38 bits per heavy atom. The van der Waals surface area contributed by atoms with Gasteiger partial charge in [-0.2, -0.15) is 0 Å². The van der Waals surface area contributed by atoms with E-state index in [-0.39, 0.29) is 0 Å². The Balaban J connectivity index is 2.97. The maximum atomic E-state index is 5.38. The summed E-state index contributed by atoms with van der Waals surface area (Å²) in [6, 6.07) is 0. The fourth-order valence-electron chi connectivity index (χ4n) is 0.298. The van der Waals surface area contributed by atoms with Crippen molar-refractivity contribution in [1.29, 1.82) is 0 Å². The lowest BCUT2D eigenvalue weighted by atomic mass is 11.1. The van der Waals surface area contributed by atoms with Gasteiger partial charge in [-0.3, -0.25) is 10.9 Å². The van der Waals surface area contributed by atoms with Crippen LogP contribution < -0.4 is 10.9 Å². The van der Waals surface area contributed by atoms with Crippen molar-refractivity contribution in [3.8, 4) is 0 Å². The molecule has 0 radical (unpaired) electrons. The molecule has 1 heterocycles. The molecule has 1 aliphatic rings. The van der Waals surface area contributed by atoms with Crippen LogP contribution in [0.1, 0.15) is 0 Å². The zero-order chi connectivity index (χ0) is 5.98. The number of nitrogens with two attached hydrogens (primary N) is 2. The Hall–Kier alpha value is -0.520. The zero-order valence-corrected chi connectivity index (χ0v) is 4.93. The Morgan fingerprint density at radius 1 is 1.62 bits per heavy atom. The third-order valence-corrected chi connectivity index (χ3v) is 1.60. The summed E-state index contributed by atoms with van der Waals surface area (Å²) in [7, 11) is -0.530. The third-order valence-electron chi connectivity index (χ3n) is 0.668. The monoisotopic (exact) mass is 130 g/mol. The van der Waals surface area contributed by atoms with Gasteiger partial charge >= 0.3 is 0 Å². The van der Waals surface area contributed by atoms with Gasteiger partial charge in [0.25, 0.3) is 0 Å². The Morgan fingerprint density at radius 3 is 2.75 bits per heavy atom. The van der Waals surface area contributed by atoms with Crippen LogP contribution >= 0.6 is 10.7 Å². The van der Waals surface area contributed by atoms with E-state index in [4.69, 9.17) is 10.9 Å². The highest BCUT2D eigenvalue weighted by molar-refractivity contribution is 8.25. The van der Waals surface area contributed by atoms with Crippen molar-refractivity contribution < 1.29 is 0 Å². The lowest BCUT2D eigenvalue weighted by Crippen LogP contribution is -2.14. The molecule has 44 valence electrons. The van der Waals surface area contributed by atoms with Gasteiger partial charge in [-0.15, -0.1) is 0 Å². The van der Waals surface area contributed by atoms with Crippen molar-refractivity contribution in [3.63, 3.8) is 0 Å². The summed E-state index contributed by atoms with van der Waals surface area (Å²) in [5.41, 5.74) is 6.86. The molecule has 0 amide bonds. The third kappa shape index (κ3) is 1.00. The largest absolute Gasteiger partial charge is 0.281 e. The van der Waals surface area contributed by atoms with Gasteiger partial charge in [-0.05, 0) is 10.7 Å². The van der Waals surface area contributed by atoms with Gasteiger partial charge in [-0.25, -0.2) is 9.98 Å². The first-order valence-electron chi connectivity index (χ1n) is 1.96. The minimum absolute atomic E-state index is 0.444. The molecule has 0 spiro atoms. The number of nitrogens with zero attached hydrogens (tertiary/aromatic N) is 2. The van der Waals surface area contributed by atoms with Crippen molar-refractivity contribution >= 4 is 27.7 Å². The van der Waals surface area contributed by atoms with E-state index in [1.54, 1.807) is 5.55 Å². The first-order valence-corrected chi connectivity index (χ1v) is 3.31. The molecule has 8 heavy (non-hydrogen) atoms. The average Bonchev–Trinajstić information content (AvgIpc) is 1.77. The average molecular weight is 130 g/mol. The molecule has 0 aliphatic carbocycles.